The van der Waals surface area contributed by atoms with Crippen molar-refractivity contribution >= 4 is 13.6 Å². The van der Waals surface area contributed by atoms with Crippen LogP contribution in [0.1, 0.15) is 91.5 Å². The Morgan fingerprint density at radius 2 is 1.43 bits per heavy atom. The lowest BCUT2D eigenvalue weighted by Crippen LogP contribution is -2.35. The number of rotatable bonds is 12. The quantitative estimate of drug-likeness (QED) is 0.178. The number of ether oxygens (including phenoxy) is 2. The second kappa shape index (κ2) is 15.0. The van der Waals surface area contributed by atoms with Gasteiger partial charge in [-0.2, -0.15) is 0 Å². The Kier molecular flexibility index (Phi) is 11.7. The zero-order valence-electron chi connectivity index (χ0n) is 26.2. The van der Waals surface area contributed by atoms with Crippen LogP contribution in [-0.4, -0.2) is 29.8 Å². The molecular formula is C34H50NO6P. The summed E-state index contributed by atoms with van der Waals surface area (Å²) in [6.45, 7) is 12.9. The molecule has 2 aromatic rings. The van der Waals surface area contributed by atoms with Gasteiger partial charge in [-0.3, -0.25) is 9.55 Å². The monoisotopic (exact) mass is 599 g/mol. The summed E-state index contributed by atoms with van der Waals surface area (Å²) >= 11 is 0. The van der Waals surface area contributed by atoms with Gasteiger partial charge < -0.3 is 18.5 Å². The van der Waals surface area contributed by atoms with E-state index in [0.29, 0.717) is 35.0 Å². The van der Waals surface area contributed by atoms with E-state index < -0.39 is 19.4 Å². The van der Waals surface area contributed by atoms with Crippen molar-refractivity contribution in [1.82, 2.24) is 4.98 Å². The van der Waals surface area contributed by atoms with Crippen LogP contribution in [0.15, 0.2) is 54.9 Å². The predicted molar refractivity (Wildman–Crippen MR) is 165 cm³/mol. The summed E-state index contributed by atoms with van der Waals surface area (Å²) in [6, 6.07) is 12.6. The molecule has 2 aliphatic rings. The van der Waals surface area contributed by atoms with E-state index >= 15 is 4.57 Å². The number of para-hydroxylation sites is 1. The molecule has 4 rings (SSSR count). The second-order valence-corrected chi connectivity index (χ2v) is 15.1. The number of hydrogen-bond donors (Lipinski definition) is 0. The van der Waals surface area contributed by atoms with Crippen LogP contribution in [0.5, 0.6) is 5.75 Å². The maximum Gasteiger partial charge on any atom is 0.376 e. The highest BCUT2D eigenvalue weighted by Gasteiger charge is 2.48. The molecule has 8 heteroatoms. The molecule has 1 aromatic heterocycles. The third kappa shape index (κ3) is 8.67. The largest absolute Gasteiger partial charge is 0.482 e. The maximum atomic E-state index is 15.3. The van der Waals surface area contributed by atoms with E-state index in [4.69, 9.17) is 18.5 Å². The molecule has 0 bridgehead atoms. The lowest BCUT2D eigenvalue weighted by molar-refractivity contribution is -0.149. The normalized spacial score (nSPS) is 28.7. The molecule has 232 valence electrons. The van der Waals surface area contributed by atoms with Crippen LogP contribution in [0, 0.1) is 35.5 Å². The van der Waals surface area contributed by atoms with Gasteiger partial charge in [-0.05, 0) is 92.2 Å². The van der Waals surface area contributed by atoms with Crippen molar-refractivity contribution in [2.75, 3.05) is 6.61 Å². The molecule has 0 radical (unpaired) electrons. The van der Waals surface area contributed by atoms with Crippen molar-refractivity contribution in [1.29, 1.82) is 0 Å². The molecule has 7 atom stereocenters. The zero-order chi connectivity index (χ0) is 30.3. The number of carbonyl (C=O) groups excluding carboxylic acids is 1. The Labute approximate surface area is 252 Å². The second-order valence-electron chi connectivity index (χ2n) is 13.1. The SMILES string of the molecule is CC(C)C1CCC(C)C(OP(=O)(OC2CC(C(C)C)CCC2C)C(OC(=O)COc2ccccc2)c2cccnc2)C1. The van der Waals surface area contributed by atoms with Gasteiger partial charge >= 0.3 is 13.6 Å². The topological polar surface area (TPSA) is 84.0 Å². The molecule has 0 spiro atoms. The molecule has 0 aliphatic heterocycles. The molecule has 0 saturated heterocycles. The van der Waals surface area contributed by atoms with E-state index in [-0.39, 0.29) is 30.7 Å². The van der Waals surface area contributed by atoms with Gasteiger partial charge in [-0.1, -0.05) is 65.8 Å². The van der Waals surface area contributed by atoms with E-state index in [1.807, 2.05) is 18.2 Å². The van der Waals surface area contributed by atoms with Crippen LogP contribution < -0.4 is 4.74 Å². The van der Waals surface area contributed by atoms with Gasteiger partial charge in [0, 0.05) is 18.0 Å². The standard InChI is InChI=1S/C34H50NO6P/c1-23(2)27-16-14-25(5)31(19-27)40-42(37,41-32-20-28(24(3)4)17-15-26(32)6)34(29-11-10-18-35-21-29)39-33(36)22-38-30-12-8-7-9-13-30/h7-13,18,21,23-28,31-32,34H,14-17,19-20,22H2,1-6H3. The molecule has 42 heavy (non-hydrogen) atoms. The minimum absolute atomic E-state index is 0.204. The fourth-order valence-corrected chi connectivity index (χ4v) is 8.67. The van der Waals surface area contributed by atoms with Gasteiger partial charge in [0.05, 0.1) is 12.2 Å². The minimum atomic E-state index is -4.06. The van der Waals surface area contributed by atoms with E-state index in [0.717, 1.165) is 38.5 Å². The Hall–Kier alpha value is -2.21. The van der Waals surface area contributed by atoms with Crippen molar-refractivity contribution in [3.05, 3.63) is 60.4 Å². The fraction of sp³-hybridized carbons (Fsp3) is 0.647. The van der Waals surface area contributed by atoms with E-state index in [1.165, 1.54) is 0 Å². The molecule has 2 fully saturated rings. The lowest BCUT2D eigenvalue weighted by Gasteiger charge is -2.42. The summed E-state index contributed by atoms with van der Waals surface area (Å²) in [5.41, 5.74) is 0.488. The first kappa shape index (κ1) is 32.7. The first-order chi connectivity index (χ1) is 20.1. The average Bonchev–Trinajstić information content (AvgIpc) is 2.98. The summed E-state index contributed by atoms with van der Waals surface area (Å²) < 4.78 is 40.4. The van der Waals surface area contributed by atoms with Crippen molar-refractivity contribution in [3.8, 4) is 5.75 Å². The van der Waals surface area contributed by atoms with Gasteiger partial charge in [0.2, 0.25) is 5.85 Å². The number of carbonyl (C=O) groups is 1. The predicted octanol–water partition coefficient (Wildman–Crippen LogP) is 8.85. The van der Waals surface area contributed by atoms with Gasteiger partial charge in [-0.15, -0.1) is 0 Å². The third-order valence-electron chi connectivity index (χ3n) is 9.38. The number of benzene rings is 1. The first-order valence-electron chi connectivity index (χ1n) is 15.8. The molecule has 7 nitrogen and oxygen atoms in total. The van der Waals surface area contributed by atoms with Gasteiger partial charge in [0.25, 0.3) is 0 Å². The Bertz CT molecular complexity index is 1120. The van der Waals surface area contributed by atoms with E-state index in [9.17, 15) is 4.79 Å². The summed E-state index contributed by atoms with van der Waals surface area (Å²) in [5, 5.41) is 0. The Morgan fingerprint density at radius 3 is 1.93 bits per heavy atom. The number of esters is 1. The van der Waals surface area contributed by atoms with Gasteiger partial charge in [-0.25, -0.2) is 4.79 Å². The number of nitrogens with zero attached hydrogens (tertiary/aromatic N) is 1. The number of hydrogen-bond acceptors (Lipinski definition) is 7. The molecule has 0 N–H and O–H groups in total. The fourth-order valence-electron chi connectivity index (χ4n) is 6.30. The van der Waals surface area contributed by atoms with Gasteiger partial charge in [0.15, 0.2) is 6.61 Å². The minimum Gasteiger partial charge on any atom is -0.482 e. The number of aromatic nitrogens is 1. The van der Waals surface area contributed by atoms with Gasteiger partial charge in [0.1, 0.15) is 5.75 Å². The van der Waals surface area contributed by atoms with Crippen LogP contribution in [0.25, 0.3) is 0 Å². The van der Waals surface area contributed by atoms with E-state index in [2.05, 4.69) is 46.5 Å². The van der Waals surface area contributed by atoms with Crippen LogP contribution in [0.2, 0.25) is 0 Å². The molecule has 7 unspecified atom stereocenters. The lowest BCUT2D eigenvalue weighted by atomic mass is 9.76. The summed E-state index contributed by atoms with van der Waals surface area (Å²) in [5.74, 6) is 0.993. The van der Waals surface area contributed by atoms with Crippen molar-refractivity contribution in [2.45, 2.75) is 98.1 Å². The molecular weight excluding hydrogens is 549 g/mol. The zero-order valence-corrected chi connectivity index (χ0v) is 27.1. The molecule has 0 amide bonds. The third-order valence-corrected chi connectivity index (χ3v) is 11.5. The Balaban J connectivity index is 1.66. The molecule has 2 saturated carbocycles. The first-order valence-corrected chi connectivity index (χ1v) is 17.4. The van der Waals surface area contributed by atoms with Crippen LogP contribution in [-0.2, 0) is 23.1 Å². The van der Waals surface area contributed by atoms with Crippen molar-refractivity contribution < 1.29 is 27.9 Å². The van der Waals surface area contributed by atoms with E-state index in [1.54, 1.807) is 36.7 Å². The van der Waals surface area contributed by atoms with Crippen molar-refractivity contribution in [3.63, 3.8) is 0 Å². The van der Waals surface area contributed by atoms with Crippen LogP contribution in [0.4, 0.5) is 0 Å². The molecule has 1 heterocycles. The van der Waals surface area contributed by atoms with Crippen LogP contribution in [0.3, 0.4) is 0 Å². The highest BCUT2D eigenvalue weighted by atomic mass is 31.2. The van der Waals surface area contributed by atoms with Crippen molar-refractivity contribution in [2.24, 2.45) is 35.5 Å². The Morgan fingerprint density at radius 1 is 0.857 bits per heavy atom. The highest BCUT2D eigenvalue weighted by molar-refractivity contribution is 7.54. The smallest absolute Gasteiger partial charge is 0.376 e. The van der Waals surface area contributed by atoms with Crippen LogP contribution >= 0.6 is 7.60 Å². The molecule has 1 aromatic carbocycles. The average molecular weight is 600 g/mol. The highest BCUT2D eigenvalue weighted by Crippen LogP contribution is 2.65. The summed E-state index contributed by atoms with van der Waals surface area (Å²) in [6.07, 6.45) is 8.51. The number of pyridine rings is 1. The maximum absolute atomic E-state index is 15.3. The summed E-state index contributed by atoms with van der Waals surface area (Å²) in [4.78, 5) is 17.5. The summed E-state index contributed by atoms with van der Waals surface area (Å²) in [7, 11) is -4.06. The molecule has 2 aliphatic carbocycles.